The normalized spacial score (nSPS) is 17.0. The fraction of sp³-hybridized carbons (Fsp3) is 0.500. The average Bonchev–Trinajstić information content (AvgIpc) is 2.33. The van der Waals surface area contributed by atoms with E-state index in [4.69, 9.17) is 9.47 Å². The number of carbonyl (C=O) groups is 1. The number of nitrogens with zero attached hydrogens (tertiary/aromatic N) is 1. The Morgan fingerprint density at radius 3 is 2.12 bits per heavy atom. The van der Waals surface area contributed by atoms with Crippen molar-refractivity contribution in [3.05, 3.63) is 17.7 Å². The fourth-order valence-corrected chi connectivity index (χ4v) is 5.54. The molecule has 0 atom stereocenters. The standard InChI is InChI=1S/C14H19NO7S2/c1-14(2)8-11(16)9-6-13(21-3)10(7-12(9)22-14)15(23(4,17)18)24(5,19)20/h6-7H,8H2,1-5H3. The summed E-state index contributed by atoms with van der Waals surface area (Å²) < 4.78 is 59.0. The number of ketones is 1. The fourth-order valence-electron chi connectivity index (χ4n) is 2.58. The molecule has 0 amide bonds. The summed E-state index contributed by atoms with van der Waals surface area (Å²) in [5, 5.41) is 0. The first-order chi connectivity index (χ1) is 10.8. The maximum atomic E-state index is 12.3. The van der Waals surface area contributed by atoms with Gasteiger partial charge in [-0.15, -0.1) is 0 Å². The van der Waals surface area contributed by atoms with E-state index in [1.807, 2.05) is 0 Å². The third kappa shape index (κ3) is 3.48. The van der Waals surface area contributed by atoms with Crippen LogP contribution in [0.25, 0.3) is 0 Å². The molecule has 0 aliphatic carbocycles. The van der Waals surface area contributed by atoms with Crippen LogP contribution in [-0.4, -0.2) is 47.8 Å². The molecule has 0 spiro atoms. The molecule has 0 bridgehead atoms. The van der Waals surface area contributed by atoms with Crippen molar-refractivity contribution in [2.24, 2.45) is 0 Å². The lowest BCUT2D eigenvalue weighted by atomic mass is 9.93. The van der Waals surface area contributed by atoms with Crippen molar-refractivity contribution < 1.29 is 31.1 Å². The highest BCUT2D eigenvalue weighted by Gasteiger charge is 2.36. The van der Waals surface area contributed by atoms with E-state index in [1.54, 1.807) is 13.8 Å². The van der Waals surface area contributed by atoms with E-state index in [9.17, 15) is 21.6 Å². The number of benzene rings is 1. The molecule has 10 heteroatoms. The Morgan fingerprint density at radius 1 is 1.12 bits per heavy atom. The van der Waals surface area contributed by atoms with Crippen LogP contribution < -0.4 is 13.2 Å². The highest BCUT2D eigenvalue weighted by molar-refractivity contribution is 8.09. The van der Waals surface area contributed by atoms with Gasteiger partial charge >= 0.3 is 0 Å². The van der Waals surface area contributed by atoms with Gasteiger partial charge in [0.1, 0.15) is 22.8 Å². The summed E-state index contributed by atoms with van der Waals surface area (Å²) in [5.41, 5.74) is -0.791. The molecule has 1 aromatic carbocycles. The van der Waals surface area contributed by atoms with E-state index in [1.165, 1.54) is 19.2 Å². The van der Waals surface area contributed by atoms with Crippen LogP contribution >= 0.6 is 0 Å². The van der Waals surface area contributed by atoms with Crippen LogP contribution in [0.2, 0.25) is 0 Å². The molecule has 0 unspecified atom stereocenters. The summed E-state index contributed by atoms with van der Waals surface area (Å²) >= 11 is 0. The van der Waals surface area contributed by atoms with Crippen LogP contribution in [-0.2, 0) is 20.0 Å². The number of ether oxygens (including phenoxy) is 2. The Morgan fingerprint density at radius 2 is 1.67 bits per heavy atom. The van der Waals surface area contributed by atoms with Gasteiger partial charge in [0, 0.05) is 6.07 Å². The van der Waals surface area contributed by atoms with Gasteiger partial charge in [-0.2, -0.15) is 3.71 Å². The highest BCUT2D eigenvalue weighted by atomic mass is 32.3. The Kier molecular flexibility index (Phi) is 4.34. The molecule has 134 valence electrons. The molecule has 1 aliphatic rings. The van der Waals surface area contributed by atoms with E-state index >= 15 is 0 Å². The van der Waals surface area contributed by atoms with E-state index in [0.717, 1.165) is 12.5 Å². The second kappa shape index (κ2) is 5.62. The predicted octanol–water partition coefficient (Wildman–Crippen LogP) is 1.16. The number of hydrogen-bond donors (Lipinski definition) is 0. The zero-order valence-electron chi connectivity index (χ0n) is 14.0. The SMILES string of the molecule is COc1cc2c(cc1N(S(C)(=O)=O)S(C)(=O)=O)OC(C)(C)CC2=O. The van der Waals surface area contributed by atoms with Gasteiger partial charge in [-0.05, 0) is 19.9 Å². The summed E-state index contributed by atoms with van der Waals surface area (Å²) in [6.45, 7) is 3.42. The number of sulfonamides is 2. The summed E-state index contributed by atoms with van der Waals surface area (Å²) in [7, 11) is -7.05. The number of rotatable bonds is 4. The largest absolute Gasteiger partial charge is 0.494 e. The first kappa shape index (κ1) is 18.5. The number of carbonyl (C=O) groups excluding carboxylic acids is 1. The second-order valence-corrected chi connectivity index (χ2v) is 10.1. The summed E-state index contributed by atoms with van der Waals surface area (Å²) in [6.07, 6.45) is 1.68. The third-order valence-corrected chi connectivity index (χ3v) is 6.58. The minimum atomic E-state index is -4.15. The minimum Gasteiger partial charge on any atom is -0.494 e. The van der Waals surface area contributed by atoms with Gasteiger partial charge < -0.3 is 9.47 Å². The molecule has 0 saturated carbocycles. The molecule has 1 aliphatic heterocycles. The molecule has 0 saturated heterocycles. The maximum absolute atomic E-state index is 12.3. The minimum absolute atomic E-state index is 0.0544. The summed E-state index contributed by atoms with van der Waals surface area (Å²) in [4.78, 5) is 12.3. The van der Waals surface area contributed by atoms with E-state index in [0.29, 0.717) is 0 Å². The molecule has 0 aromatic heterocycles. The van der Waals surface area contributed by atoms with Gasteiger partial charge in [0.25, 0.3) is 0 Å². The van der Waals surface area contributed by atoms with Crippen molar-refractivity contribution in [1.29, 1.82) is 0 Å². The first-order valence-corrected chi connectivity index (χ1v) is 10.6. The average molecular weight is 377 g/mol. The van der Waals surface area contributed by atoms with E-state index in [2.05, 4.69) is 0 Å². The van der Waals surface area contributed by atoms with Crippen molar-refractivity contribution >= 4 is 31.5 Å². The van der Waals surface area contributed by atoms with Crippen LogP contribution in [0.3, 0.4) is 0 Å². The lowest BCUT2D eigenvalue weighted by molar-refractivity contribution is 0.0619. The lowest BCUT2D eigenvalue weighted by Gasteiger charge is -2.33. The van der Waals surface area contributed by atoms with E-state index < -0.39 is 25.6 Å². The van der Waals surface area contributed by atoms with Crippen LogP contribution in [0.5, 0.6) is 11.5 Å². The summed E-state index contributed by atoms with van der Waals surface area (Å²) in [6, 6.07) is 2.50. The number of Topliss-reactive ketones (excluding diaryl/α,β-unsaturated/α-hetero) is 1. The van der Waals surface area contributed by atoms with Crippen molar-refractivity contribution in [2.75, 3.05) is 23.3 Å². The second-order valence-electron chi connectivity index (χ2n) is 6.21. The van der Waals surface area contributed by atoms with E-state index in [-0.39, 0.29) is 38.7 Å². The predicted molar refractivity (Wildman–Crippen MR) is 88.8 cm³/mol. The number of hydrogen-bond acceptors (Lipinski definition) is 7. The number of anilines is 1. The van der Waals surface area contributed by atoms with Gasteiger partial charge in [-0.1, -0.05) is 0 Å². The molecule has 0 radical (unpaired) electrons. The van der Waals surface area contributed by atoms with Gasteiger partial charge in [0.05, 0.1) is 31.6 Å². The molecule has 2 rings (SSSR count). The number of fused-ring (bicyclic) bond motifs is 1. The van der Waals surface area contributed by atoms with Crippen LogP contribution in [0, 0.1) is 0 Å². The quantitative estimate of drug-likeness (QED) is 0.775. The first-order valence-electron chi connectivity index (χ1n) is 6.91. The van der Waals surface area contributed by atoms with Crippen LogP contribution in [0.4, 0.5) is 5.69 Å². The van der Waals surface area contributed by atoms with Crippen molar-refractivity contribution in [1.82, 2.24) is 0 Å². The van der Waals surface area contributed by atoms with Gasteiger partial charge in [0.2, 0.25) is 20.0 Å². The molecule has 1 heterocycles. The Bertz CT molecular complexity index is 869. The smallest absolute Gasteiger partial charge is 0.245 e. The Hall–Kier alpha value is -1.81. The topological polar surface area (TPSA) is 107 Å². The molecule has 0 fully saturated rings. The Balaban J connectivity index is 2.78. The van der Waals surface area contributed by atoms with Gasteiger partial charge in [-0.25, -0.2) is 16.8 Å². The molecular weight excluding hydrogens is 358 g/mol. The van der Waals surface area contributed by atoms with Gasteiger partial charge in [0.15, 0.2) is 5.78 Å². The monoisotopic (exact) mass is 377 g/mol. The van der Waals surface area contributed by atoms with Crippen LogP contribution in [0.1, 0.15) is 30.6 Å². The molecular formula is C14H19NO7S2. The molecule has 8 nitrogen and oxygen atoms in total. The zero-order chi connectivity index (χ0) is 18.5. The summed E-state index contributed by atoms with van der Waals surface area (Å²) in [5.74, 6) is -0.137. The van der Waals surface area contributed by atoms with Crippen molar-refractivity contribution in [3.8, 4) is 11.5 Å². The maximum Gasteiger partial charge on any atom is 0.245 e. The van der Waals surface area contributed by atoms with Crippen molar-refractivity contribution in [2.45, 2.75) is 25.9 Å². The zero-order valence-corrected chi connectivity index (χ0v) is 15.6. The third-order valence-electron chi connectivity index (χ3n) is 3.35. The lowest BCUT2D eigenvalue weighted by Crippen LogP contribution is -2.37. The molecule has 24 heavy (non-hydrogen) atoms. The Labute approximate surface area is 141 Å². The van der Waals surface area contributed by atoms with Crippen LogP contribution in [0.15, 0.2) is 12.1 Å². The highest BCUT2D eigenvalue weighted by Crippen LogP contribution is 2.42. The molecule has 0 N–H and O–H groups in total. The van der Waals surface area contributed by atoms with Gasteiger partial charge in [-0.3, -0.25) is 4.79 Å². The van der Waals surface area contributed by atoms with Crippen molar-refractivity contribution in [3.63, 3.8) is 0 Å². The number of methoxy groups -OCH3 is 1. The molecule has 1 aromatic rings.